The van der Waals surface area contributed by atoms with E-state index < -0.39 is 0 Å². The van der Waals surface area contributed by atoms with Gasteiger partial charge in [-0.2, -0.15) is 8.75 Å². The molecule has 0 spiro atoms. The minimum atomic E-state index is 0.512. The molecule has 1 aromatic heterocycles. The minimum absolute atomic E-state index is 0.512. The lowest BCUT2D eigenvalue weighted by molar-refractivity contribution is 1.67. The highest BCUT2D eigenvalue weighted by molar-refractivity contribution is 7.00. The molecule has 2 aromatic rings. The smallest absolute Gasteiger partial charge is 0.172 e. The Hall–Kier alpha value is -0.830. The fourth-order valence-corrected chi connectivity index (χ4v) is 2.42. The van der Waals surface area contributed by atoms with Crippen molar-refractivity contribution in [3.05, 3.63) is 12.1 Å². The van der Waals surface area contributed by atoms with Crippen molar-refractivity contribution in [2.45, 2.75) is 27.3 Å². The van der Waals surface area contributed by atoms with E-state index in [1.54, 1.807) is 0 Å². The van der Waals surface area contributed by atoms with Crippen molar-refractivity contribution in [2.24, 2.45) is 0 Å². The maximum absolute atomic E-state index is 4.41. The van der Waals surface area contributed by atoms with Gasteiger partial charge < -0.3 is 0 Å². The van der Waals surface area contributed by atoms with Gasteiger partial charge in [0.1, 0.15) is 0 Å². The van der Waals surface area contributed by atoms with E-state index in [9.17, 15) is 0 Å². The molecule has 0 fully saturated rings. The summed E-state index contributed by atoms with van der Waals surface area (Å²) in [5, 5.41) is 0. The van der Waals surface area contributed by atoms with Crippen LogP contribution >= 0.6 is 11.7 Å². The van der Waals surface area contributed by atoms with Gasteiger partial charge in [0.05, 0.1) is 22.8 Å². The fourth-order valence-electron chi connectivity index (χ4n) is 1.84. The van der Waals surface area contributed by atoms with Crippen LogP contribution in [-0.2, 0) is 0 Å². The molecule has 0 saturated heterocycles. The van der Waals surface area contributed by atoms with Crippen molar-refractivity contribution < 1.29 is 0 Å². The van der Waals surface area contributed by atoms with Crippen molar-refractivity contribution >= 4 is 47.1 Å². The van der Waals surface area contributed by atoms with Gasteiger partial charge in [-0.3, -0.25) is 0 Å². The van der Waals surface area contributed by atoms with Crippen LogP contribution in [0.15, 0.2) is 12.1 Å². The molecule has 0 bridgehead atoms. The normalized spacial score (nSPS) is 10.7. The first-order valence-electron chi connectivity index (χ1n) is 5.36. The van der Waals surface area contributed by atoms with Gasteiger partial charge in [0.2, 0.25) is 0 Å². The Morgan fingerprint density at radius 2 is 1.27 bits per heavy atom. The molecule has 5 heteroatoms. The predicted octanol–water partition coefficient (Wildman–Crippen LogP) is 1.61. The van der Waals surface area contributed by atoms with Gasteiger partial charge in [-0.1, -0.05) is 50.4 Å². The minimum Gasteiger partial charge on any atom is -0.174 e. The average Bonchev–Trinajstić information content (AvgIpc) is 2.63. The second-order valence-electron chi connectivity index (χ2n) is 4.51. The summed E-state index contributed by atoms with van der Waals surface area (Å²) in [6.07, 6.45) is 0. The topological polar surface area (TPSA) is 25.8 Å². The predicted molar refractivity (Wildman–Crippen MR) is 71.6 cm³/mol. The monoisotopic (exact) mass is 216 g/mol. The number of nitrogens with zero attached hydrogens (tertiary/aromatic N) is 2. The summed E-state index contributed by atoms with van der Waals surface area (Å²) in [5.74, 6) is 0. The van der Waals surface area contributed by atoms with Crippen molar-refractivity contribution in [3.63, 3.8) is 0 Å². The molecule has 0 amide bonds. The standard InChI is InChI=1S/C10H14B2N2S/c1-11(2)7-5-6-8(12(3)4)10-9(7)13-15-14-10/h5-6H,1-4H3. The van der Waals surface area contributed by atoms with E-state index in [1.165, 1.54) is 22.7 Å². The molecule has 0 aliphatic heterocycles. The second-order valence-corrected chi connectivity index (χ2v) is 5.04. The Morgan fingerprint density at radius 3 is 1.60 bits per heavy atom. The maximum Gasteiger partial charge on any atom is 0.172 e. The number of benzene rings is 1. The van der Waals surface area contributed by atoms with Crippen LogP contribution in [0.4, 0.5) is 0 Å². The molecule has 0 N–H and O–H groups in total. The molecule has 15 heavy (non-hydrogen) atoms. The van der Waals surface area contributed by atoms with Crippen molar-refractivity contribution in [1.29, 1.82) is 0 Å². The van der Waals surface area contributed by atoms with E-state index in [4.69, 9.17) is 0 Å². The van der Waals surface area contributed by atoms with Gasteiger partial charge >= 0.3 is 0 Å². The van der Waals surface area contributed by atoms with Crippen molar-refractivity contribution in [3.8, 4) is 0 Å². The number of fused-ring (bicyclic) bond motifs is 1. The van der Waals surface area contributed by atoms with Crippen LogP contribution in [0.1, 0.15) is 0 Å². The maximum atomic E-state index is 4.41. The largest absolute Gasteiger partial charge is 0.174 e. The van der Waals surface area contributed by atoms with Crippen LogP contribution < -0.4 is 10.9 Å². The van der Waals surface area contributed by atoms with Crippen LogP contribution in [0.2, 0.25) is 27.3 Å². The molecule has 0 aliphatic carbocycles. The van der Waals surface area contributed by atoms with E-state index in [-0.39, 0.29) is 0 Å². The molecule has 2 rings (SSSR count). The second kappa shape index (κ2) is 3.97. The Balaban J connectivity index is 2.71. The summed E-state index contributed by atoms with van der Waals surface area (Å²) in [6.45, 7) is 9.81. The van der Waals surface area contributed by atoms with E-state index in [2.05, 4.69) is 48.2 Å². The van der Waals surface area contributed by atoms with Gasteiger partial charge in [0.15, 0.2) is 13.4 Å². The van der Waals surface area contributed by atoms with Crippen LogP contribution in [0.3, 0.4) is 0 Å². The SMILES string of the molecule is CB(C)c1ccc(B(C)C)c2nsnc12. The summed E-state index contributed by atoms with van der Waals surface area (Å²) in [4.78, 5) is 0. The van der Waals surface area contributed by atoms with Gasteiger partial charge in [0, 0.05) is 0 Å². The van der Waals surface area contributed by atoms with Gasteiger partial charge in [0.25, 0.3) is 0 Å². The van der Waals surface area contributed by atoms with Gasteiger partial charge in [-0.05, 0) is 0 Å². The summed E-state index contributed by atoms with van der Waals surface area (Å²) >= 11 is 1.32. The molecule has 0 unspecified atom stereocenters. The molecule has 1 heterocycles. The summed E-state index contributed by atoms with van der Waals surface area (Å²) < 4.78 is 8.83. The first-order valence-corrected chi connectivity index (χ1v) is 6.09. The summed E-state index contributed by atoms with van der Waals surface area (Å²) in [7, 11) is 0. The lowest BCUT2D eigenvalue weighted by Crippen LogP contribution is -2.30. The van der Waals surface area contributed by atoms with E-state index in [0.29, 0.717) is 13.4 Å². The first-order chi connectivity index (χ1) is 7.11. The van der Waals surface area contributed by atoms with Crippen LogP contribution in [0, 0.1) is 0 Å². The first kappa shape index (κ1) is 10.7. The molecule has 2 nitrogen and oxygen atoms in total. The van der Waals surface area contributed by atoms with Crippen LogP contribution in [0.5, 0.6) is 0 Å². The van der Waals surface area contributed by atoms with Crippen LogP contribution in [-0.4, -0.2) is 22.2 Å². The fraction of sp³-hybridized carbons (Fsp3) is 0.400. The Bertz CT molecular complexity index is 437. The zero-order chi connectivity index (χ0) is 11.0. The molecule has 0 aliphatic rings. The Labute approximate surface area is 95.6 Å². The third-order valence-electron chi connectivity index (χ3n) is 2.72. The summed E-state index contributed by atoms with van der Waals surface area (Å²) in [5.41, 5.74) is 4.81. The number of hydrogen-bond acceptors (Lipinski definition) is 3. The summed E-state index contributed by atoms with van der Waals surface area (Å²) in [6, 6.07) is 4.40. The zero-order valence-corrected chi connectivity index (χ0v) is 10.4. The molecule has 0 atom stereocenters. The molecular formula is C10H14B2N2S. The Kier molecular flexibility index (Phi) is 2.83. The molecule has 76 valence electrons. The van der Waals surface area contributed by atoms with Crippen molar-refractivity contribution in [1.82, 2.24) is 8.75 Å². The van der Waals surface area contributed by atoms with Gasteiger partial charge in [-0.15, -0.1) is 0 Å². The van der Waals surface area contributed by atoms with E-state index in [0.717, 1.165) is 11.0 Å². The van der Waals surface area contributed by atoms with E-state index >= 15 is 0 Å². The van der Waals surface area contributed by atoms with Crippen LogP contribution in [0.25, 0.3) is 11.0 Å². The lowest BCUT2D eigenvalue weighted by atomic mass is 9.46. The molecular weight excluding hydrogens is 202 g/mol. The van der Waals surface area contributed by atoms with Crippen molar-refractivity contribution in [2.75, 3.05) is 0 Å². The number of aromatic nitrogens is 2. The molecule has 1 aromatic carbocycles. The van der Waals surface area contributed by atoms with Gasteiger partial charge in [-0.25, -0.2) is 0 Å². The molecule has 0 radical (unpaired) electrons. The molecule has 0 saturated carbocycles. The average molecular weight is 216 g/mol. The zero-order valence-electron chi connectivity index (χ0n) is 9.61. The third-order valence-corrected chi connectivity index (χ3v) is 3.25. The Morgan fingerprint density at radius 1 is 0.867 bits per heavy atom. The highest BCUT2D eigenvalue weighted by atomic mass is 32.1. The highest BCUT2D eigenvalue weighted by Crippen LogP contribution is 2.09. The number of rotatable bonds is 2. The quantitative estimate of drug-likeness (QED) is 0.712. The number of hydrogen-bond donors (Lipinski definition) is 0. The van der Waals surface area contributed by atoms with E-state index in [1.807, 2.05) is 0 Å². The highest BCUT2D eigenvalue weighted by Gasteiger charge is 2.16. The lowest BCUT2D eigenvalue weighted by Gasteiger charge is -2.07. The third kappa shape index (κ3) is 1.81.